The average Bonchev–Trinajstić information content (AvgIpc) is 3.61. The zero-order chi connectivity index (χ0) is 27.5. The fourth-order valence-corrected chi connectivity index (χ4v) is 7.74. The molecule has 2 aliphatic carbocycles. The van der Waals surface area contributed by atoms with Gasteiger partial charge in [0.2, 0.25) is 5.88 Å². The number of aromatic nitrogens is 1. The van der Waals surface area contributed by atoms with Crippen molar-refractivity contribution >= 4 is 26.8 Å². The van der Waals surface area contributed by atoms with Gasteiger partial charge in [0.25, 0.3) is 0 Å². The number of benzene rings is 3. The number of hydrogen-bond acceptors (Lipinski definition) is 4. The Balaban J connectivity index is 1.34. The zero-order valence-corrected chi connectivity index (χ0v) is 24.8. The zero-order valence-electron chi connectivity index (χ0n) is 23.2. The first kappa shape index (κ1) is 27.4. The van der Waals surface area contributed by atoms with Crippen LogP contribution in [-0.4, -0.2) is 29.8 Å². The van der Waals surface area contributed by atoms with Crippen LogP contribution in [0.3, 0.4) is 0 Å². The van der Waals surface area contributed by atoms with Crippen LogP contribution >= 0.6 is 15.9 Å². The summed E-state index contributed by atoms with van der Waals surface area (Å²) in [6, 6.07) is 29.4. The molecule has 2 bridgehead atoms. The number of hydrogen-bond donors (Lipinski definition) is 2. The van der Waals surface area contributed by atoms with Crippen molar-refractivity contribution in [3.8, 4) is 5.88 Å². The van der Waals surface area contributed by atoms with Gasteiger partial charge < -0.3 is 15.2 Å². The Morgan fingerprint density at radius 1 is 0.975 bits per heavy atom. The monoisotopic (exact) mass is 598 g/mol. The summed E-state index contributed by atoms with van der Waals surface area (Å²) in [4.78, 5) is 4.90. The molecule has 1 aromatic heterocycles. The molecule has 4 aromatic rings. The first-order valence-corrected chi connectivity index (χ1v) is 15.5. The third-order valence-electron chi connectivity index (χ3n) is 9.29. The molecule has 40 heavy (non-hydrogen) atoms. The number of ether oxygens (including phenoxy) is 1. The summed E-state index contributed by atoms with van der Waals surface area (Å²) in [6.45, 7) is 1.00. The Labute approximate surface area is 246 Å². The van der Waals surface area contributed by atoms with Gasteiger partial charge in [-0.25, -0.2) is 4.98 Å². The van der Waals surface area contributed by atoms with E-state index in [1.807, 2.05) is 48.5 Å². The van der Waals surface area contributed by atoms with Gasteiger partial charge in [0.1, 0.15) is 5.60 Å². The average molecular weight is 600 g/mol. The van der Waals surface area contributed by atoms with Crippen LogP contribution in [0.1, 0.15) is 67.6 Å². The van der Waals surface area contributed by atoms with Crippen LogP contribution in [0.2, 0.25) is 0 Å². The second-order valence-corrected chi connectivity index (χ2v) is 12.7. The number of aliphatic hydroxyl groups is 1. The maximum absolute atomic E-state index is 12.9. The molecule has 1 heterocycles. The Morgan fingerprint density at radius 2 is 1.75 bits per heavy atom. The highest BCUT2D eigenvalue weighted by molar-refractivity contribution is 9.10. The van der Waals surface area contributed by atoms with Crippen molar-refractivity contribution in [3.05, 3.63) is 106 Å². The first-order valence-electron chi connectivity index (χ1n) is 14.8. The van der Waals surface area contributed by atoms with Crippen molar-refractivity contribution in [3.63, 3.8) is 0 Å². The van der Waals surface area contributed by atoms with Crippen LogP contribution < -0.4 is 10.1 Å². The van der Waals surface area contributed by atoms with E-state index in [9.17, 15) is 5.11 Å². The standard InChI is InChI=1S/C35H39BrN2O2/c1-40-34-30(23-27-22-29(36)16-17-31(27)38-34)33(25-10-4-2-5-11-25)35(39,28-12-6-3-7-13-28)18-8-9-19-37-32-21-24-14-15-26(32)20-24/h2-7,10-13,16-17,22-24,26,32-33,37,39H,8-9,14-15,18-21H2,1H3. The van der Waals surface area contributed by atoms with Gasteiger partial charge in [-0.3, -0.25) is 0 Å². The van der Waals surface area contributed by atoms with E-state index in [0.717, 1.165) is 63.3 Å². The minimum atomic E-state index is -1.15. The van der Waals surface area contributed by atoms with E-state index in [0.29, 0.717) is 18.3 Å². The lowest BCUT2D eigenvalue weighted by molar-refractivity contribution is 0.00712. The summed E-state index contributed by atoms with van der Waals surface area (Å²) >= 11 is 3.62. The smallest absolute Gasteiger partial charge is 0.217 e. The minimum Gasteiger partial charge on any atom is -0.481 e. The summed E-state index contributed by atoms with van der Waals surface area (Å²) in [5, 5.41) is 17.7. The maximum Gasteiger partial charge on any atom is 0.217 e. The second kappa shape index (κ2) is 12.0. The lowest BCUT2D eigenvalue weighted by Gasteiger charge is -2.38. The van der Waals surface area contributed by atoms with E-state index >= 15 is 0 Å². The molecule has 2 aliphatic rings. The Bertz CT molecular complexity index is 1430. The third-order valence-corrected chi connectivity index (χ3v) is 9.78. The molecule has 2 saturated carbocycles. The first-order chi connectivity index (χ1) is 19.5. The molecule has 2 N–H and O–H groups in total. The molecule has 5 heteroatoms. The number of rotatable bonds is 11. The topological polar surface area (TPSA) is 54.4 Å². The van der Waals surface area contributed by atoms with Gasteiger partial charge in [-0.2, -0.15) is 0 Å². The maximum atomic E-state index is 12.9. The van der Waals surface area contributed by atoms with Crippen molar-refractivity contribution in [2.24, 2.45) is 11.8 Å². The van der Waals surface area contributed by atoms with Crippen LogP contribution in [0.5, 0.6) is 5.88 Å². The highest BCUT2D eigenvalue weighted by Crippen LogP contribution is 2.48. The molecule has 3 aromatic carbocycles. The SMILES string of the molecule is COc1nc2ccc(Br)cc2cc1C(c1ccccc1)C(O)(CCCCNC1CC2CCC1C2)c1ccccc1. The fourth-order valence-electron chi connectivity index (χ4n) is 7.36. The fraction of sp³-hybridized carbons (Fsp3) is 0.400. The molecule has 0 saturated heterocycles. The van der Waals surface area contributed by atoms with E-state index in [-0.39, 0.29) is 5.92 Å². The second-order valence-electron chi connectivity index (χ2n) is 11.8. The van der Waals surface area contributed by atoms with Crippen molar-refractivity contribution in [2.75, 3.05) is 13.7 Å². The predicted molar refractivity (Wildman–Crippen MR) is 166 cm³/mol. The quantitative estimate of drug-likeness (QED) is 0.172. The molecule has 0 aliphatic heterocycles. The van der Waals surface area contributed by atoms with E-state index in [1.54, 1.807) is 7.11 Å². The van der Waals surface area contributed by atoms with Gasteiger partial charge in [-0.15, -0.1) is 0 Å². The molecular weight excluding hydrogens is 560 g/mol. The summed E-state index contributed by atoms with van der Waals surface area (Å²) in [5.74, 6) is 2.02. The van der Waals surface area contributed by atoms with Gasteiger partial charge in [0.05, 0.1) is 12.6 Å². The molecule has 6 rings (SSSR count). The molecule has 0 spiro atoms. The molecule has 0 radical (unpaired) electrons. The molecule has 5 unspecified atom stereocenters. The highest BCUT2D eigenvalue weighted by Gasteiger charge is 2.42. The largest absolute Gasteiger partial charge is 0.481 e. The van der Waals surface area contributed by atoms with Crippen LogP contribution in [0.25, 0.3) is 10.9 Å². The van der Waals surface area contributed by atoms with E-state index in [2.05, 4.69) is 57.6 Å². The minimum absolute atomic E-state index is 0.361. The molecule has 2 fully saturated rings. The molecular formula is C35H39BrN2O2. The van der Waals surface area contributed by atoms with Crippen LogP contribution in [0.4, 0.5) is 0 Å². The lowest BCUT2D eigenvalue weighted by atomic mass is 9.71. The van der Waals surface area contributed by atoms with Crippen molar-refractivity contribution < 1.29 is 9.84 Å². The van der Waals surface area contributed by atoms with E-state index < -0.39 is 5.60 Å². The van der Waals surface area contributed by atoms with Crippen LogP contribution in [0.15, 0.2) is 89.4 Å². The predicted octanol–water partition coefficient (Wildman–Crippen LogP) is 7.97. The number of unbranched alkanes of at least 4 members (excludes halogenated alkanes) is 1. The normalized spacial score (nSPS) is 22.3. The van der Waals surface area contributed by atoms with Crippen molar-refractivity contribution in [1.82, 2.24) is 10.3 Å². The summed E-state index contributed by atoms with van der Waals surface area (Å²) in [7, 11) is 1.67. The number of halogens is 1. The van der Waals surface area contributed by atoms with Gasteiger partial charge in [-0.05, 0) is 92.3 Å². The summed E-state index contributed by atoms with van der Waals surface area (Å²) < 4.78 is 6.89. The number of fused-ring (bicyclic) bond motifs is 3. The highest BCUT2D eigenvalue weighted by atomic mass is 79.9. The Hall–Kier alpha value is -2.73. The Morgan fingerprint density at radius 3 is 2.45 bits per heavy atom. The molecule has 4 nitrogen and oxygen atoms in total. The molecule has 0 amide bonds. The third kappa shape index (κ3) is 5.57. The van der Waals surface area contributed by atoms with Gasteiger partial charge in [0, 0.05) is 27.4 Å². The van der Waals surface area contributed by atoms with Crippen molar-refractivity contribution in [1.29, 1.82) is 0 Å². The number of pyridine rings is 1. The number of nitrogens with zero attached hydrogens (tertiary/aromatic N) is 1. The van der Waals surface area contributed by atoms with Crippen LogP contribution in [-0.2, 0) is 5.60 Å². The molecule has 5 atom stereocenters. The van der Waals surface area contributed by atoms with E-state index in [4.69, 9.17) is 9.72 Å². The van der Waals surface area contributed by atoms with Crippen molar-refractivity contribution in [2.45, 2.75) is 62.5 Å². The summed E-state index contributed by atoms with van der Waals surface area (Å²) in [6.07, 6.45) is 8.17. The van der Waals surface area contributed by atoms with Gasteiger partial charge >= 0.3 is 0 Å². The molecule has 208 valence electrons. The van der Waals surface area contributed by atoms with Gasteiger partial charge in [-0.1, -0.05) is 83.0 Å². The summed E-state index contributed by atoms with van der Waals surface area (Å²) in [5.41, 5.74) is 2.57. The number of nitrogens with one attached hydrogen (secondary N) is 1. The van der Waals surface area contributed by atoms with Crippen LogP contribution in [0, 0.1) is 11.8 Å². The van der Waals surface area contributed by atoms with E-state index in [1.165, 1.54) is 25.7 Å². The Kier molecular flexibility index (Phi) is 8.25. The number of methoxy groups -OCH3 is 1. The lowest BCUT2D eigenvalue weighted by Crippen LogP contribution is -2.36. The van der Waals surface area contributed by atoms with Gasteiger partial charge in [0.15, 0.2) is 0 Å².